The van der Waals surface area contributed by atoms with Crippen molar-refractivity contribution in [1.29, 1.82) is 0 Å². The van der Waals surface area contributed by atoms with Crippen LogP contribution in [0, 0.1) is 0 Å². The lowest BCUT2D eigenvalue weighted by molar-refractivity contribution is 0.111. The maximum atomic E-state index is 14.2. The minimum atomic E-state index is -0.291. The van der Waals surface area contributed by atoms with E-state index in [4.69, 9.17) is 4.98 Å². The molecule has 2 aliphatic rings. The normalized spacial score (nSPS) is 20.9. The summed E-state index contributed by atoms with van der Waals surface area (Å²) in [5.41, 5.74) is 3.05. The first-order chi connectivity index (χ1) is 20.0. The first-order valence-electron chi connectivity index (χ1n) is 15.2. The Morgan fingerprint density at radius 3 is 2.49 bits per heavy atom. The molecule has 1 aliphatic carbocycles. The van der Waals surface area contributed by atoms with Crippen LogP contribution in [0.4, 0.5) is 11.6 Å². The third-order valence-electron chi connectivity index (χ3n) is 8.76. The van der Waals surface area contributed by atoms with Gasteiger partial charge in [0.25, 0.3) is 5.56 Å². The predicted octanol–water partition coefficient (Wildman–Crippen LogP) is 4.74. The number of hydrogen-bond acceptors (Lipinski definition) is 8. The van der Waals surface area contributed by atoms with Gasteiger partial charge in [-0.15, -0.1) is 0 Å². The van der Waals surface area contributed by atoms with Gasteiger partial charge in [0, 0.05) is 79.9 Å². The molecule has 1 saturated carbocycles. The second-order valence-electron chi connectivity index (χ2n) is 11.8. The average Bonchev–Trinajstić information content (AvgIpc) is 2.99. The number of piperazine rings is 1. The van der Waals surface area contributed by atoms with E-state index in [2.05, 4.69) is 69.3 Å². The lowest BCUT2D eigenvalue weighted by Gasteiger charge is -2.36. The number of aromatic nitrogens is 4. The average molecular weight is 556 g/mol. The highest BCUT2D eigenvalue weighted by Crippen LogP contribution is 2.32. The van der Waals surface area contributed by atoms with Crippen LogP contribution in [-0.4, -0.2) is 67.9 Å². The molecule has 216 valence electrons. The van der Waals surface area contributed by atoms with Crippen LogP contribution in [0.3, 0.4) is 0 Å². The van der Waals surface area contributed by atoms with E-state index in [0.717, 1.165) is 80.1 Å². The van der Waals surface area contributed by atoms with E-state index in [1.165, 1.54) is 5.69 Å². The van der Waals surface area contributed by atoms with Crippen molar-refractivity contribution < 1.29 is 5.11 Å². The SMILES string of the molecule is CCC[C@H](C)Nc1ncc2c3ccc(CN4CCN(c5ccncc5)CC4)cc3c(=O)n([C@H]3CC[C@H](O)CC3)c2n1. The van der Waals surface area contributed by atoms with Gasteiger partial charge in [-0.3, -0.25) is 19.2 Å². The van der Waals surface area contributed by atoms with Crippen molar-refractivity contribution in [2.24, 2.45) is 0 Å². The van der Waals surface area contributed by atoms with Crippen LogP contribution < -0.4 is 15.8 Å². The van der Waals surface area contributed by atoms with Gasteiger partial charge in [-0.25, -0.2) is 4.98 Å². The molecule has 0 radical (unpaired) electrons. The third kappa shape index (κ3) is 5.92. The number of fused-ring (bicyclic) bond motifs is 3. The van der Waals surface area contributed by atoms with E-state index in [9.17, 15) is 9.90 Å². The topological polar surface area (TPSA) is 99.4 Å². The number of nitrogens with zero attached hydrogens (tertiary/aromatic N) is 6. The summed E-state index contributed by atoms with van der Waals surface area (Å²) in [7, 11) is 0. The molecular weight excluding hydrogens is 514 g/mol. The Morgan fingerprint density at radius 1 is 1.00 bits per heavy atom. The third-order valence-corrected chi connectivity index (χ3v) is 8.76. The number of aliphatic hydroxyl groups is 1. The lowest BCUT2D eigenvalue weighted by Crippen LogP contribution is -2.45. The zero-order chi connectivity index (χ0) is 28.3. The molecule has 1 aliphatic heterocycles. The molecular formula is C32H41N7O2. The second kappa shape index (κ2) is 12.1. The number of nitrogens with one attached hydrogen (secondary N) is 1. The number of hydrogen-bond donors (Lipinski definition) is 2. The molecule has 9 heteroatoms. The van der Waals surface area contributed by atoms with Crippen LogP contribution >= 0.6 is 0 Å². The van der Waals surface area contributed by atoms with Crippen molar-refractivity contribution in [3.05, 3.63) is 64.8 Å². The van der Waals surface area contributed by atoms with Crippen molar-refractivity contribution in [3.8, 4) is 0 Å². The van der Waals surface area contributed by atoms with E-state index >= 15 is 0 Å². The molecule has 2 fully saturated rings. The Hall–Kier alpha value is -3.56. The van der Waals surface area contributed by atoms with Gasteiger partial charge in [0.1, 0.15) is 5.65 Å². The van der Waals surface area contributed by atoms with Gasteiger partial charge in [0.15, 0.2) is 0 Å². The summed E-state index contributed by atoms with van der Waals surface area (Å²) in [5.74, 6) is 0.560. The number of benzene rings is 1. The van der Waals surface area contributed by atoms with Crippen LogP contribution in [0.25, 0.3) is 21.8 Å². The minimum absolute atomic E-state index is 0.00417. The largest absolute Gasteiger partial charge is 0.393 e. The fraction of sp³-hybridized carbons (Fsp3) is 0.500. The molecule has 0 amide bonds. The van der Waals surface area contributed by atoms with Crippen molar-refractivity contribution in [2.45, 2.75) is 77.1 Å². The Labute approximate surface area is 241 Å². The molecule has 4 heterocycles. The van der Waals surface area contributed by atoms with Gasteiger partial charge < -0.3 is 15.3 Å². The van der Waals surface area contributed by atoms with E-state index < -0.39 is 0 Å². The van der Waals surface area contributed by atoms with Gasteiger partial charge in [-0.1, -0.05) is 25.5 Å². The summed E-state index contributed by atoms with van der Waals surface area (Å²) in [5, 5.41) is 16.1. The van der Waals surface area contributed by atoms with Crippen LogP contribution in [-0.2, 0) is 6.54 Å². The smallest absolute Gasteiger partial charge is 0.260 e. The monoisotopic (exact) mass is 555 g/mol. The Morgan fingerprint density at radius 2 is 1.76 bits per heavy atom. The molecule has 1 aromatic carbocycles. The maximum absolute atomic E-state index is 14.2. The first-order valence-corrected chi connectivity index (χ1v) is 15.2. The summed E-state index contributed by atoms with van der Waals surface area (Å²) in [6.45, 7) is 8.97. The molecule has 2 N–H and O–H groups in total. The molecule has 1 saturated heterocycles. The highest BCUT2D eigenvalue weighted by molar-refractivity contribution is 6.04. The molecule has 9 nitrogen and oxygen atoms in total. The number of anilines is 2. The first kappa shape index (κ1) is 27.6. The maximum Gasteiger partial charge on any atom is 0.260 e. The van der Waals surface area contributed by atoms with E-state index in [0.29, 0.717) is 24.4 Å². The standard InChI is InChI=1S/C32H41N7O2/c1-3-4-22(2)35-32-34-20-29-27-10-5-23(21-37-15-17-38(18-16-37)24-11-13-33-14-12-24)19-28(27)31(41)39(30(29)36-32)25-6-8-26(40)9-7-25/h5,10-14,19-20,22,25-26,40H,3-4,6-9,15-18,21H2,1-2H3,(H,34,35,36)/t22-,25-,26-/m0/s1. The quantitative estimate of drug-likeness (QED) is 0.301. The molecule has 1 atom stereocenters. The highest BCUT2D eigenvalue weighted by atomic mass is 16.3. The molecule has 4 aromatic rings. The molecule has 0 spiro atoms. The van der Waals surface area contributed by atoms with Gasteiger partial charge >= 0.3 is 0 Å². The number of rotatable bonds is 8. The van der Waals surface area contributed by atoms with Crippen LogP contribution in [0.5, 0.6) is 0 Å². The van der Waals surface area contributed by atoms with E-state index in [1.807, 2.05) is 23.2 Å². The zero-order valence-corrected chi connectivity index (χ0v) is 24.2. The summed E-state index contributed by atoms with van der Waals surface area (Å²) in [6.07, 6.45) is 10.3. The summed E-state index contributed by atoms with van der Waals surface area (Å²) in [4.78, 5) is 32.8. The Bertz CT molecular complexity index is 1540. The summed E-state index contributed by atoms with van der Waals surface area (Å²) >= 11 is 0. The van der Waals surface area contributed by atoms with Gasteiger partial charge in [-0.2, -0.15) is 4.98 Å². The van der Waals surface area contributed by atoms with Gasteiger partial charge in [0.05, 0.1) is 6.10 Å². The van der Waals surface area contributed by atoms with Crippen molar-refractivity contribution in [2.75, 3.05) is 36.4 Å². The molecule has 3 aromatic heterocycles. The minimum Gasteiger partial charge on any atom is -0.393 e. The number of pyridine rings is 2. The lowest BCUT2D eigenvalue weighted by atomic mass is 9.92. The van der Waals surface area contributed by atoms with Crippen LogP contribution in [0.1, 0.15) is 64.0 Å². The van der Waals surface area contributed by atoms with E-state index in [-0.39, 0.29) is 23.7 Å². The molecule has 0 bridgehead atoms. The van der Waals surface area contributed by atoms with Gasteiger partial charge in [-0.05, 0) is 68.2 Å². The molecule has 6 rings (SSSR count). The number of aliphatic hydroxyl groups excluding tert-OH is 1. The van der Waals surface area contributed by atoms with Crippen molar-refractivity contribution in [3.63, 3.8) is 0 Å². The highest BCUT2D eigenvalue weighted by Gasteiger charge is 2.26. The summed E-state index contributed by atoms with van der Waals surface area (Å²) in [6, 6.07) is 10.7. The Kier molecular flexibility index (Phi) is 8.16. The van der Waals surface area contributed by atoms with Crippen LogP contribution in [0.2, 0.25) is 0 Å². The zero-order valence-electron chi connectivity index (χ0n) is 24.2. The summed E-state index contributed by atoms with van der Waals surface area (Å²) < 4.78 is 1.90. The van der Waals surface area contributed by atoms with Crippen LogP contribution in [0.15, 0.2) is 53.7 Å². The van der Waals surface area contributed by atoms with Gasteiger partial charge in [0.2, 0.25) is 5.95 Å². The van der Waals surface area contributed by atoms with Crippen molar-refractivity contribution >= 4 is 33.4 Å². The molecule has 41 heavy (non-hydrogen) atoms. The fourth-order valence-electron chi connectivity index (χ4n) is 6.50. The molecule has 0 unspecified atom stereocenters. The fourth-order valence-corrected chi connectivity index (χ4v) is 6.50. The van der Waals surface area contributed by atoms with E-state index in [1.54, 1.807) is 0 Å². The Balaban J connectivity index is 1.32. The van der Waals surface area contributed by atoms with Crippen molar-refractivity contribution in [1.82, 2.24) is 24.4 Å². The predicted molar refractivity (Wildman–Crippen MR) is 165 cm³/mol. The second-order valence-corrected chi connectivity index (χ2v) is 11.8.